The third-order valence-electron chi connectivity index (χ3n) is 2.89. The summed E-state index contributed by atoms with van der Waals surface area (Å²) in [6.45, 7) is 1.73. The lowest BCUT2D eigenvalue weighted by molar-refractivity contribution is -0.141. The van der Waals surface area contributed by atoms with E-state index in [0.717, 1.165) is 24.2 Å². The summed E-state index contributed by atoms with van der Waals surface area (Å²) in [5, 5.41) is 9.27. The minimum atomic E-state index is -0.764. The van der Waals surface area contributed by atoms with Crippen LogP contribution in [-0.4, -0.2) is 11.1 Å². The molecule has 1 aromatic heterocycles. The fraction of sp³-hybridized carbons (Fsp3) is 0.500. The van der Waals surface area contributed by atoms with Crippen molar-refractivity contribution in [3.05, 3.63) is 22.6 Å². The van der Waals surface area contributed by atoms with Gasteiger partial charge in [0.25, 0.3) is 0 Å². The van der Waals surface area contributed by atoms with Crippen molar-refractivity contribution in [1.29, 1.82) is 0 Å². The van der Waals surface area contributed by atoms with E-state index in [1.807, 2.05) is 0 Å². The monoisotopic (exact) mass is 214 g/mol. The molecule has 0 aliphatic heterocycles. The Kier molecular flexibility index (Phi) is 2.27. The van der Waals surface area contributed by atoms with Crippen molar-refractivity contribution in [2.24, 2.45) is 5.92 Å². The van der Waals surface area contributed by atoms with E-state index in [2.05, 4.69) is 0 Å². The Hall–Kier alpha value is -0.960. The molecule has 1 aliphatic rings. The second-order valence-electron chi connectivity index (χ2n) is 3.70. The summed E-state index contributed by atoms with van der Waals surface area (Å²) in [6.07, 6.45) is 1.64. The minimum Gasteiger partial charge on any atom is -0.481 e. The van der Waals surface area contributed by atoms with Crippen molar-refractivity contribution in [3.8, 4) is 0 Å². The zero-order valence-electron chi connectivity index (χ0n) is 7.79. The molecule has 0 spiro atoms. The number of carbonyl (C=O) groups is 1. The summed E-state index contributed by atoms with van der Waals surface area (Å²) in [5.74, 6) is -0.225. The Morgan fingerprint density at radius 1 is 1.79 bits per heavy atom. The van der Waals surface area contributed by atoms with Gasteiger partial charge in [-0.15, -0.1) is 0 Å². The number of furan rings is 1. The van der Waals surface area contributed by atoms with E-state index in [4.69, 9.17) is 21.1 Å². The van der Waals surface area contributed by atoms with Gasteiger partial charge in [0.1, 0.15) is 5.76 Å². The molecule has 0 saturated heterocycles. The summed E-state index contributed by atoms with van der Waals surface area (Å²) in [7, 11) is 0. The molecule has 0 aromatic carbocycles. The first-order chi connectivity index (χ1) is 6.59. The Labute approximate surface area is 86.7 Å². The summed E-state index contributed by atoms with van der Waals surface area (Å²) >= 11 is 5.71. The average Bonchev–Trinajstić information content (AvgIpc) is 2.61. The zero-order chi connectivity index (χ0) is 10.3. The molecule has 1 aromatic rings. The van der Waals surface area contributed by atoms with Gasteiger partial charge in [0.05, 0.1) is 5.92 Å². The largest absolute Gasteiger partial charge is 0.481 e. The van der Waals surface area contributed by atoms with E-state index >= 15 is 0 Å². The van der Waals surface area contributed by atoms with Gasteiger partial charge in [0.15, 0.2) is 5.22 Å². The molecule has 14 heavy (non-hydrogen) atoms. The lowest BCUT2D eigenvalue weighted by atomic mass is 9.90. The SMILES string of the molecule is CC(C(=O)O)C1CCc2oc(Cl)cc21. The topological polar surface area (TPSA) is 50.4 Å². The maximum Gasteiger partial charge on any atom is 0.306 e. The molecule has 0 saturated carbocycles. The Balaban J connectivity index is 2.29. The smallest absolute Gasteiger partial charge is 0.306 e. The first kappa shape index (κ1) is 9.59. The number of halogens is 1. The third kappa shape index (κ3) is 1.42. The van der Waals surface area contributed by atoms with Gasteiger partial charge < -0.3 is 9.52 Å². The van der Waals surface area contributed by atoms with Crippen molar-refractivity contribution in [2.45, 2.75) is 25.7 Å². The first-order valence-electron chi connectivity index (χ1n) is 4.60. The predicted octanol–water partition coefficient (Wildman–Crippen LogP) is 2.68. The maximum atomic E-state index is 10.8. The molecule has 0 radical (unpaired) electrons. The molecule has 2 rings (SSSR count). The zero-order valence-corrected chi connectivity index (χ0v) is 8.54. The molecule has 1 heterocycles. The van der Waals surface area contributed by atoms with Gasteiger partial charge in [-0.3, -0.25) is 4.79 Å². The van der Waals surface area contributed by atoms with Gasteiger partial charge in [-0.05, 0) is 29.7 Å². The normalized spacial score (nSPS) is 22.0. The number of carboxylic acid groups (broad SMARTS) is 1. The molecule has 76 valence electrons. The molecule has 0 amide bonds. The van der Waals surface area contributed by atoms with E-state index < -0.39 is 5.97 Å². The van der Waals surface area contributed by atoms with Crippen LogP contribution in [0.2, 0.25) is 5.22 Å². The molecule has 1 N–H and O–H groups in total. The second kappa shape index (κ2) is 3.31. The first-order valence-corrected chi connectivity index (χ1v) is 4.98. The number of hydrogen-bond acceptors (Lipinski definition) is 2. The van der Waals surface area contributed by atoms with Crippen LogP contribution in [0.4, 0.5) is 0 Å². The number of aryl methyl sites for hydroxylation is 1. The average molecular weight is 215 g/mol. The van der Waals surface area contributed by atoms with Gasteiger partial charge in [-0.25, -0.2) is 0 Å². The molecule has 1 aliphatic carbocycles. The van der Waals surface area contributed by atoms with Crippen molar-refractivity contribution < 1.29 is 14.3 Å². The lowest BCUT2D eigenvalue weighted by Gasteiger charge is -2.13. The van der Waals surface area contributed by atoms with Crippen LogP contribution < -0.4 is 0 Å². The molecule has 0 fully saturated rings. The molecule has 4 heteroatoms. The highest BCUT2D eigenvalue weighted by Gasteiger charge is 2.33. The molecule has 0 bridgehead atoms. The molecular formula is C10H11ClO3. The van der Waals surface area contributed by atoms with Crippen LogP contribution in [-0.2, 0) is 11.2 Å². The highest BCUT2D eigenvalue weighted by Crippen LogP contribution is 2.41. The van der Waals surface area contributed by atoms with Gasteiger partial charge in [-0.2, -0.15) is 0 Å². The van der Waals surface area contributed by atoms with Crippen molar-refractivity contribution >= 4 is 17.6 Å². The van der Waals surface area contributed by atoms with E-state index in [1.54, 1.807) is 13.0 Å². The number of aliphatic carboxylic acids is 1. The van der Waals surface area contributed by atoms with Gasteiger partial charge >= 0.3 is 5.97 Å². The van der Waals surface area contributed by atoms with Crippen molar-refractivity contribution in [3.63, 3.8) is 0 Å². The van der Waals surface area contributed by atoms with Gasteiger partial charge in [-0.1, -0.05) is 6.92 Å². The van der Waals surface area contributed by atoms with Gasteiger partial charge in [0.2, 0.25) is 0 Å². The molecule has 3 nitrogen and oxygen atoms in total. The summed E-state index contributed by atoms with van der Waals surface area (Å²) < 4.78 is 5.26. The van der Waals surface area contributed by atoms with Crippen LogP contribution in [0.15, 0.2) is 10.5 Å². The van der Waals surface area contributed by atoms with Crippen LogP contribution in [0.25, 0.3) is 0 Å². The van der Waals surface area contributed by atoms with E-state index in [9.17, 15) is 4.79 Å². The van der Waals surface area contributed by atoms with Crippen LogP contribution >= 0.6 is 11.6 Å². The van der Waals surface area contributed by atoms with E-state index in [-0.39, 0.29) is 11.8 Å². The Morgan fingerprint density at radius 2 is 2.50 bits per heavy atom. The summed E-state index contributed by atoms with van der Waals surface area (Å²) in [4.78, 5) is 10.8. The van der Waals surface area contributed by atoms with Crippen molar-refractivity contribution in [2.75, 3.05) is 0 Å². The van der Waals surface area contributed by atoms with Crippen LogP contribution in [0.1, 0.15) is 30.6 Å². The number of rotatable bonds is 2. The lowest BCUT2D eigenvalue weighted by Crippen LogP contribution is -2.16. The maximum absolute atomic E-state index is 10.8. The van der Waals surface area contributed by atoms with E-state index in [1.165, 1.54) is 0 Å². The highest BCUT2D eigenvalue weighted by molar-refractivity contribution is 6.29. The molecule has 2 atom stereocenters. The van der Waals surface area contributed by atoms with Crippen LogP contribution in [0.5, 0.6) is 0 Å². The standard InChI is InChI=1S/C10H11ClO3/c1-5(10(12)13)6-2-3-8-7(6)4-9(11)14-8/h4-6H,2-3H2,1H3,(H,12,13). The number of fused-ring (bicyclic) bond motifs is 1. The van der Waals surface area contributed by atoms with Gasteiger partial charge in [0, 0.05) is 12.3 Å². The number of hydrogen-bond donors (Lipinski definition) is 1. The second-order valence-corrected chi connectivity index (χ2v) is 4.07. The Bertz CT molecular complexity index is 369. The summed E-state index contributed by atoms with van der Waals surface area (Å²) in [5.41, 5.74) is 0.977. The fourth-order valence-corrected chi connectivity index (χ4v) is 2.26. The molecular weight excluding hydrogens is 204 g/mol. The summed E-state index contributed by atoms with van der Waals surface area (Å²) in [6, 6.07) is 1.74. The number of carboxylic acids is 1. The van der Waals surface area contributed by atoms with Crippen LogP contribution in [0, 0.1) is 5.92 Å². The van der Waals surface area contributed by atoms with E-state index in [0.29, 0.717) is 5.22 Å². The molecule has 2 unspecified atom stereocenters. The minimum absolute atomic E-state index is 0.0544. The fourth-order valence-electron chi connectivity index (χ4n) is 2.05. The Morgan fingerprint density at radius 3 is 3.14 bits per heavy atom. The van der Waals surface area contributed by atoms with Crippen molar-refractivity contribution in [1.82, 2.24) is 0 Å². The van der Waals surface area contributed by atoms with Crippen LogP contribution in [0.3, 0.4) is 0 Å². The highest BCUT2D eigenvalue weighted by atomic mass is 35.5. The predicted molar refractivity (Wildman–Crippen MR) is 51.6 cm³/mol. The quantitative estimate of drug-likeness (QED) is 0.824. The third-order valence-corrected chi connectivity index (χ3v) is 3.07.